The summed E-state index contributed by atoms with van der Waals surface area (Å²) in [6.07, 6.45) is 5.72. The highest BCUT2D eigenvalue weighted by molar-refractivity contribution is 5.85. The summed E-state index contributed by atoms with van der Waals surface area (Å²) < 4.78 is 0. The Labute approximate surface area is 139 Å². The summed E-state index contributed by atoms with van der Waals surface area (Å²) in [7, 11) is 0. The molecule has 0 aliphatic heterocycles. The summed E-state index contributed by atoms with van der Waals surface area (Å²) in [5.74, 6) is 3.43. The molecule has 1 fully saturated rings. The van der Waals surface area contributed by atoms with Crippen LogP contribution in [0.1, 0.15) is 53.4 Å². The topological polar surface area (TPSA) is 24.1 Å². The Kier molecular flexibility index (Phi) is 15.0. The van der Waals surface area contributed by atoms with Gasteiger partial charge < -0.3 is 10.6 Å². The van der Waals surface area contributed by atoms with Crippen molar-refractivity contribution in [1.29, 1.82) is 0 Å². The van der Waals surface area contributed by atoms with E-state index in [4.69, 9.17) is 0 Å². The fourth-order valence-electron chi connectivity index (χ4n) is 2.79. The monoisotopic (exact) mass is 326 g/mol. The van der Waals surface area contributed by atoms with E-state index >= 15 is 0 Å². The first-order valence-corrected chi connectivity index (χ1v) is 7.99. The van der Waals surface area contributed by atoms with Crippen LogP contribution in [0.5, 0.6) is 0 Å². The van der Waals surface area contributed by atoms with E-state index in [1.165, 1.54) is 51.9 Å². The van der Waals surface area contributed by atoms with Crippen LogP contribution in [-0.4, -0.2) is 26.2 Å². The fraction of sp³-hybridized carbons (Fsp3) is 1.00. The molecule has 20 heavy (non-hydrogen) atoms. The van der Waals surface area contributed by atoms with Gasteiger partial charge in [0.25, 0.3) is 0 Å². The van der Waals surface area contributed by atoms with Crippen molar-refractivity contribution in [3.63, 3.8) is 0 Å². The molecule has 0 bridgehead atoms. The first-order valence-electron chi connectivity index (χ1n) is 7.99. The third-order valence-electron chi connectivity index (χ3n) is 3.94. The lowest BCUT2D eigenvalue weighted by Crippen LogP contribution is -2.32. The third-order valence-corrected chi connectivity index (χ3v) is 3.94. The fourth-order valence-corrected chi connectivity index (χ4v) is 2.79. The minimum Gasteiger partial charge on any atom is -0.316 e. The number of hydrogen-bond donors (Lipinski definition) is 2. The van der Waals surface area contributed by atoms with Crippen molar-refractivity contribution < 1.29 is 0 Å². The van der Waals surface area contributed by atoms with Gasteiger partial charge in [-0.15, -0.1) is 24.8 Å². The van der Waals surface area contributed by atoms with Crippen LogP contribution < -0.4 is 10.6 Å². The Morgan fingerprint density at radius 2 is 1.00 bits per heavy atom. The van der Waals surface area contributed by atoms with Crippen LogP contribution in [0, 0.1) is 23.7 Å². The van der Waals surface area contributed by atoms with E-state index in [-0.39, 0.29) is 24.8 Å². The zero-order valence-corrected chi connectivity index (χ0v) is 15.4. The van der Waals surface area contributed by atoms with Crippen LogP contribution in [0.4, 0.5) is 0 Å². The predicted molar refractivity (Wildman–Crippen MR) is 95.4 cm³/mol. The van der Waals surface area contributed by atoms with Gasteiger partial charge in [-0.05, 0) is 75.5 Å². The molecule has 0 amide bonds. The summed E-state index contributed by atoms with van der Waals surface area (Å²) in [4.78, 5) is 0. The number of halogens is 2. The summed E-state index contributed by atoms with van der Waals surface area (Å²) in [5, 5.41) is 7.22. The zero-order valence-electron chi connectivity index (χ0n) is 13.8. The molecule has 0 spiro atoms. The van der Waals surface area contributed by atoms with Gasteiger partial charge in [0.15, 0.2) is 0 Å². The largest absolute Gasteiger partial charge is 0.316 e. The van der Waals surface area contributed by atoms with E-state index in [0.717, 1.165) is 23.7 Å². The molecule has 0 aromatic heterocycles. The van der Waals surface area contributed by atoms with E-state index < -0.39 is 0 Å². The smallest absolute Gasteiger partial charge is 0.00204 e. The van der Waals surface area contributed by atoms with Crippen LogP contribution in [-0.2, 0) is 0 Å². The quantitative estimate of drug-likeness (QED) is 0.700. The second kappa shape index (κ2) is 13.2. The standard InChI is InChI=1S/C16H34N2.2ClH/c1-13(2)9-17-11-15-5-7-16(8-6-15)12-18-10-14(3)4;;/h13-18H,5-12H2,1-4H3;2*1H. The lowest BCUT2D eigenvalue weighted by Gasteiger charge is -2.29. The molecule has 1 aliphatic rings. The molecule has 0 aromatic carbocycles. The molecule has 0 saturated heterocycles. The van der Waals surface area contributed by atoms with Crippen molar-refractivity contribution in [2.75, 3.05) is 26.2 Å². The van der Waals surface area contributed by atoms with Crippen LogP contribution >= 0.6 is 24.8 Å². The maximum Gasteiger partial charge on any atom is -0.00204 e. The molecule has 0 heterocycles. The Morgan fingerprint density at radius 1 is 0.700 bits per heavy atom. The zero-order chi connectivity index (χ0) is 13.4. The average Bonchev–Trinajstić information content (AvgIpc) is 2.30. The lowest BCUT2D eigenvalue weighted by molar-refractivity contribution is 0.258. The second-order valence-electron chi connectivity index (χ2n) is 6.99. The van der Waals surface area contributed by atoms with Gasteiger partial charge in [-0.2, -0.15) is 0 Å². The molecule has 1 aliphatic carbocycles. The molecule has 2 N–H and O–H groups in total. The third kappa shape index (κ3) is 11.2. The molecule has 4 heteroatoms. The van der Waals surface area contributed by atoms with Gasteiger partial charge in [0.2, 0.25) is 0 Å². The van der Waals surface area contributed by atoms with E-state index in [2.05, 4.69) is 38.3 Å². The molecule has 124 valence electrons. The first kappa shape index (κ1) is 22.8. The highest BCUT2D eigenvalue weighted by atomic mass is 35.5. The van der Waals surface area contributed by atoms with Crippen LogP contribution in [0.15, 0.2) is 0 Å². The van der Waals surface area contributed by atoms with Gasteiger partial charge >= 0.3 is 0 Å². The van der Waals surface area contributed by atoms with E-state index in [9.17, 15) is 0 Å². The van der Waals surface area contributed by atoms with Crippen molar-refractivity contribution in [3.05, 3.63) is 0 Å². The van der Waals surface area contributed by atoms with Crippen molar-refractivity contribution in [3.8, 4) is 0 Å². The minimum absolute atomic E-state index is 0. The van der Waals surface area contributed by atoms with Gasteiger partial charge in [0.1, 0.15) is 0 Å². The van der Waals surface area contributed by atoms with E-state index in [1.54, 1.807) is 0 Å². The summed E-state index contributed by atoms with van der Waals surface area (Å²) >= 11 is 0. The second-order valence-corrected chi connectivity index (χ2v) is 6.99. The molecule has 0 atom stereocenters. The molecular formula is C16H36Cl2N2. The molecular weight excluding hydrogens is 291 g/mol. The van der Waals surface area contributed by atoms with E-state index in [1.807, 2.05) is 0 Å². The van der Waals surface area contributed by atoms with Gasteiger partial charge in [-0.1, -0.05) is 27.7 Å². The van der Waals surface area contributed by atoms with Crippen molar-refractivity contribution >= 4 is 24.8 Å². The lowest BCUT2D eigenvalue weighted by atomic mass is 9.82. The van der Waals surface area contributed by atoms with Gasteiger partial charge in [-0.3, -0.25) is 0 Å². The van der Waals surface area contributed by atoms with Crippen molar-refractivity contribution in [2.45, 2.75) is 53.4 Å². The molecule has 0 aromatic rings. The summed E-state index contributed by atoms with van der Waals surface area (Å²) in [6, 6.07) is 0. The normalized spacial score (nSPS) is 22.5. The minimum atomic E-state index is 0. The maximum atomic E-state index is 3.61. The van der Waals surface area contributed by atoms with Gasteiger partial charge in [0.05, 0.1) is 0 Å². The highest BCUT2D eigenvalue weighted by Gasteiger charge is 2.20. The number of nitrogens with one attached hydrogen (secondary N) is 2. The molecule has 2 nitrogen and oxygen atoms in total. The molecule has 0 radical (unpaired) electrons. The van der Waals surface area contributed by atoms with Crippen LogP contribution in [0.25, 0.3) is 0 Å². The SMILES string of the molecule is CC(C)CNCC1CCC(CNCC(C)C)CC1.Cl.Cl. The van der Waals surface area contributed by atoms with Crippen LogP contribution in [0.2, 0.25) is 0 Å². The number of hydrogen-bond acceptors (Lipinski definition) is 2. The van der Waals surface area contributed by atoms with E-state index in [0.29, 0.717) is 0 Å². The molecule has 0 unspecified atom stereocenters. The average molecular weight is 327 g/mol. The molecule has 1 rings (SSSR count). The number of rotatable bonds is 8. The van der Waals surface area contributed by atoms with Gasteiger partial charge in [0, 0.05) is 0 Å². The Morgan fingerprint density at radius 3 is 1.25 bits per heavy atom. The summed E-state index contributed by atoms with van der Waals surface area (Å²) in [5.41, 5.74) is 0. The van der Waals surface area contributed by atoms with Crippen molar-refractivity contribution in [2.24, 2.45) is 23.7 Å². The first-order chi connectivity index (χ1) is 8.58. The highest BCUT2D eigenvalue weighted by Crippen LogP contribution is 2.27. The Balaban J connectivity index is 0. The maximum absolute atomic E-state index is 3.61. The van der Waals surface area contributed by atoms with Crippen molar-refractivity contribution in [1.82, 2.24) is 10.6 Å². The molecule has 1 saturated carbocycles. The predicted octanol–water partition coefficient (Wildman–Crippen LogP) is 4.13. The van der Waals surface area contributed by atoms with Gasteiger partial charge in [-0.25, -0.2) is 0 Å². The Bertz CT molecular complexity index is 181. The summed E-state index contributed by atoms with van der Waals surface area (Å²) in [6.45, 7) is 14.0. The Hall–Kier alpha value is 0.500. The van der Waals surface area contributed by atoms with Crippen LogP contribution in [0.3, 0.4) is 0 Å².